The molecule has 0 unspecified atom stereocenters. The predicted octanol–water partition coefficient (Wildman–Crippen LogP) is 1.53. The van der Waals surface area contributed by atoms with E-state index in [1.165, 1.54) is 0 Å². The van der Waals surface area contributed by atoms with Gasteiger partial charge in [0.1, 0.15) is 0 Å². The molecular weight excluding hydrogens is 296 g/mol. The molecule has 22 heavy (non-hydrogen) atoms. The molecule has 0 radical (unpaired) electrons. The summed E-state index contributed by atoms with van der Waals surface area (Å²) in [5.41, 5.74) is 12.3. The largest absolute Gasteiger partial charge is 0.330 e. The van der Waals surface area contributed by atoms with Gasteiger partial charge in [-0.3, -0.25) is 0 Å². The van der Waals surface area contributed by atoms with Crippen molar-refractivity contribution in [3.63, 3.8) is 0 Å². The molecule has 4 N–H and O–H groups in total. The van der Waals surface area contributed by atoms with Crippen LogP contribution in [0, 0.1) is 5.41 Å². The van der Waals surface area contributed by atoms with E-state index in [4.69, 9.17) is 11.5 Å². The van der Waals surface area contributed by atoms with Crippen LogP contribution >= 0.6 is 0 Å². The van der Waals surface area contributed by atoms with Crippen molar-refractivity contribution in [3.05, 3.63) is 66.2 Å². The molecule has 116 valence electrons. The zero-order valence-electron chi connectivity index (χ0n) is 12.2. The molecule has 0 aromatic heterocycles. The molecule has 0 saturated heterocycles. The third-order valence-corrected chi connectivity index (χ3v) is 7.04. The van der Waals surface area contributed by atoms with E-state index in [9.17, 15) is 8.42 Å². The SMILES string of the molecule is NCC1(CN)[C@H](c2ccccc2)[C@H]1S(=O)(=O)c1ccccc1. The average molecular weight is 316 g/mol. The Hall–Kier alpha value is -1.69. The zero-order valence-corrected chi connectivity index (χ0v) is 13.0. The van der Waals surface area contributed by atoms with Gasteiger partial charge in [-0.05, 0) is 17.7 Å². The van der Waals surface area contributed by atoms with E-state index in [0.717, 1.165) is 5.56 Å². The van der Waals surface area contributed by atoms with Crippen LogP contribution in [0.5, 0.6) is 0 Å². The summed E-state index contributed by atoms with van der Waals surface area (Å²) in [5.74, 6) is -0.145. The Morgan fingerprint density at radius 2 is 1.36 bits per heavy atom. The van der Waals surface area contributed by atoms with E-state index < -0.39 is 20.5 Å². The molecule has 2 aromatic rings. The molecule has 2 aromatic carbocycles. The van der Waals surface area contributed by atoms with Gasteiger partial charge in [-0.2, -0.15) is 0 Å². The third kappa shape index (κ3) is 2.17. The van der Waals surface area contributed by atoms with Gasteiger partial charge in [0.2, 0.25) is 0 Å². The van der Waals surface area contributed by atoms with Crippen LogP contribution in [0.3, 0.4) is 0 Å². The molecule has 1 saturated carbocycles. The van der Waals surface area contributed by atoms with Gasteiger partial charge in [0.05, 0.1) is 10.1 Å². The standard InChI is InChI=1S/C17H20N2O2S/c18-11-17(12-19)15(13-7-3-1-4-8-13)16(17)22(20,21)14-9-5-2-6-10-14/h1-10,15-16H,11-12,18-19H2/t15-,16-/m1/s1. The lowest BCUT2D eigenvalue weighted by Gasteiger charge is -2.12. The first kappa shape index (κ1) is 15.2. The number of sulfone groups is 1. The van der Waals surface area contributed by atoms with Crippen LogP contribution in [0.1, 0.15) is 11.5 Å². The van der Waals surface area contributed by atoms with Crippen LogP contribution in [0.2, 0.25) is 0 Å². The monoisotopic (exact) mass is 316 g/mol. The molecule has 2 atom stereocenters. The fourth-order valence-electron chi connectivity index (χ4n) is 3.43. The summed E-state index contributed by atoms with van der Waals surface area (Å²) in [7, 11) is -3.45. The van der Waals surface area contributed by atoms with Crippen LogP contribution in [0.4, 0.5) is 0 Å². The first-order valence-corrected chi connectivity index (χ1v) is 8.86. The van der Waals surface area contributed by atoms with Crippen molar-refractivity contribution < 1.29 is 8.42 Å². The van der Waals surface area contributed by atoms with Crippen LogP contribution < -0.4 is 11.5 Å². The summed E-state index contributed by atoms with van der Waals surface area (Å²) in [4.78, 5) is 0.338. The molecule has 1 fully saturated rings. The lowest BCUT2D eigenvalue weighted by atomic mass is 9.99. The zero-order chi connectivity index (χ0) is 15.8. The highest BCUT2D eigenvalue weighted by Gasteiger charge is 2.69. The summed E-state index contributed by atoms with van der Waals surface area (Å²) in [6, 6.07) is 18.2. The van der Waals surface area contributed by atoms with Crippen molar-refractivity contribution in [2.24, 2.45) is 16.9 Å². The number of hydrogen-bond donors (Lipinski definition) is 2. The van der Waals surface area contributed by atoms with Gasteiger partial charge >= 0.3 is 0 Å². The number of hydrogen-bond acceptors (Lipinski definition) is 4. The molecule has 3 rings (SSSR count). The average Bonchev–Trinajstić information content (AvgIpc) is 3.27. The van der Waals surface area contributed by atoms with Gasteiger partial charge in [-0.15, -0.1) is 0 Å². The second-order valence-corrected chi connectivity index (χ2v) is 7.88. The van der Waals surface area contributed by atoms with Gasteiger partial charge in [0.25, 0.3) is 0 Å². The maximum Gasteiger partial charge on any atom is 0.182 e. The van der Waals surface area contributed by atoms with Gasteiger partial charge in [0.15, 0.2) is 9.84 Å². The van der Waals surface area contributed by atoms with E-state index in [1.807, 2.05) is 30.3 Å². The highest BCUT2D eigenvalue weighted by molar-refractivity contribution is 7.92. The quantitative estimate of drug-likeness (QED) is 0.876. The van der Waals surface area contributed by atoms with Crippen molar-refractivity contribution in [3.8, 4) is 0 Å². The Morgan fingerprint density at radius 1 is 0.864 bits per heavy atom. The van der Waals surface area contributed by atoms with Crippen molar-refractivity contribution >= 4 is 9.84 Å². The van der Waals surface area contributed by atoms with E-state index in [0.29, 0.717) is 4.90 Å². The topological polar surface area (TPSA) is 86.2 Å². The predicted molar refractivity (Wildman–Crippen MR) is 87.1 cm³/mol. The summed E-state index contributed by atoms with van der Waals surface area (Å²) in [5, 5.41) is -0.556. The second-order valence-electron chi connectivity index (χ2n) is 5.81. The molecular formula is C17H20N2O2S. The first-order chi connectivity index (χ1) is 10.6. The molecule has 0 aliphatic heterocycles. The number of benzene rings is 2. The maximum absolute atomic E-state index is 13.0. The Balaban J connectivity index is 2.06. The van der Waals surface area contributed by atoms with E-state index in [-0.39, 0.29) is 19.0 Å². The van der Waals surface area contributed by atoms with E-state index >= 15 is 0 Å². The van der Waals surface area contributed by atoms with Gasteiger partial charge < -0.3 is 11.5 Å². The fourth-order valence-corrected chi connectivity index (χ4v) is 5.93. The Kier molecular flexibility index (Phi) is 3.80. The van der Waals surface area contributed by atoms with E-state index in [2.05, 4.69) is 0 Å². The summed E-state index contributed by atoms with van der Waals surface area (Å²) in [6.07, 6.45) is 0. The molecule has 0 spiro atoms. The molecule has 1 aliphatic carbocycles. The highest BCUT2D eigenvalue weighted by Crippen LogP contribution is 2.62. The number of rotatable bonds is 5. The molecule has 4 nitrogen and oxygen atoms in total. The minimum Gasteiger partial charge on any atom is -0.330 e. The van der Waals surface area contributed by atoms with Crippen LogP contribution in [0.25, 0.3) is 0 Å². The maximum atomic E-state index is 13.0. The summed E-state index contributed by atoms with van der Waals surface area (Å²) < 4.78 is 26.0. The summed E-state index contributed by atoms with van der Waals surface area (Å²) >= 11 is 0. The van der Waals surface area contributed by atoms with E-state index in [1.54, 1.807) is 30.3 Å². The Bertz CT molecular complexity index is 741. The first-order valence-electron chi connectivity index (χ1n) is 7.32. The lowest BCUT2D eigenvalue weighted by molar-refractivity contribution is 0.510. The minimum atomic E-state index is -3.45. The molecule has 0 amide bonds. The van der Waals surface area contributed by atoms with Crippen molar-refractivity contribution in [1.29, 1.82) is 0 Å². The number of nitrogens with two attached hydrogens (primary N) is 2. The van der Waals surface area contributed by atoms with Crippen LogP contribution in [-0.4, -0.2) is 26.8 Å². The molecule has 0 bridgehead atoms. The highest BCUT2D eigenvalue weighted by atomic mass is 32.2. The second kappa shape index (κ2) is 5.50. The van der Waals surface area contributed by atoms with Crippen molar-refractivity contribution in [1.82, 2.24) is 0 Å². The third-order valence-electron chi connectivity index (χ3n) is 4.70. The fraction of sp³-hybridized carbons (Fsp3) is 0.294. The van der Waals surface area contributed by atoms with Gasteiger partial charge in [-0.25, -0.2) is 8.42 Å². The Morgan fingerprint density at radius 3 is 1.86 bits per heavy atom. The summed E-state index contributed by atoms with van der Waals surface area (Å²) in [6.45, 7) is 0.527. The van der Waals surface area contributed by atoms with Crippen LogP contribution in [0.15, 0.2) is 65.6 Å². The smallest absolute Gasteiger partial charge is 0.182 e. The lowest BCUT2D eigenvalue weighted by Crippen LogP contribution is -2.31. The van der Waals surface area contributed by atoms with Crippen molar-refractivity contribution in [2.75, 3.05) is 13.1 Å². The minimum absolute atomic E-state index is 0.145. The normalized spacial score (nSPS) is 23.2. The van der Waals surface area contributed by atoms with Gasteiger partial charge in [-0.1, -0.05) is 48.5 Å². The Labute approximate surface area is 131 Å². The molecule has 5 heteroatoms. The molecule has 1 aliphatic rings. The van der Waals surface area contributed by atoms with Crippen molar-refractivity contribution in [2.45, 2.75) is 16.1 Å². The van der Waals surface area contributed by atoms with Crippen LogP contribution in [-0.2, 0) is 9.84 Å². The molecule has 0 heterocycles. The van der Waals surface area contributed by atoms with Gasteiger partial charge in [0, 0.05) is 24.4 Å².